The molecule has 2 heterocycles. The largest absolute Gasteiger partial charge is 0.494 e. The highest BCUT2D eigenvalue weighted by molar-refractivity contribution is 5.60. The average molecular weight is 275 g/mol. The van der Waals surface area contributed by atoms with Crippen LogP contribution in [0.3, 0.4) is 0 Å². The number of nitrogens with zero attached hydrogens (tertiary/aromatic N) is 1. The van der Waals surface area contributed by atoms with E-state index in [0.29, 0.717) is 5.92 Å². The summed E-state index contributed by atoms with van der Waals surface area (Å²) in [6, 6.07) is 4.94. The molecule has 0 radical (unpaired) electrons. The van der Waals surface area contributed by atoms with Crippen molar-refractivity contribution >= 4 is 0 Å². The van der Waals surface area contributed by atoms with Crippen LogP contribution in [-0.2, 0) is 0 Å². The highest BCUT2D eigenvalue weighted by Crippen LogP contribution is 2.27. The molecule has 0 bridgehead atoms. The number of halogens is 1. The molecule has 0 amide bonds. The van der Waals surface area contributed by atoms with Crippen LogP contribution in [0.25, 0.3) is 11.3 Å². The van der Waals surface area contributed by atoms with E-state index < -0.39 is 0 Å². The summed E-state index contributed by atoms with van der Waals surface area (Å²) in [5.74, 6) is 1.36. The molecule has 106 valence electrons. The summed E-state index contributed by atoms with van der Waals surface area (Å²) in [7, 11) is 1.46. The molecule has 2 N–H and O–H groups in total. The zero-order chi connectivity index (χ0) is 13.9. The Labute approximate surface area is 117 Å². The van der Waals surface area contributed by atoms with E-state index in [1.54, 1.807) is 12.3 Å². The summed E-state index contributed by atoms with van der Waals surface area (Å²) < 4.78 is 18.7. The number of ether oxygens (including phenoxy) is 1. The van der Waals surface area contributed by atoms with Crippen LogP contribution in [0.1, 0.15) is 24.6 Å². The zero-order valence-electron chi connectivity index (χ0n) is 11.4. The predicted molar refractivity (Wildman–Crippen MR) is 75.4 cm³/mol. The molecule has 3 rings (SSSR count). The number of methoxy groups -OCH3 is 1. The third kappa shape index (κ3) is 2.54. The van der Waals surface area contributed by atoms with Gasteiger partial charge in [-0.05, 0) is 44.1 Å². The molecule has 0 atom stereocenters. The van der Waals surface area contributed by atoms with Gasteiger partial charge in [0.25, 0.3) is 0 Å². The van der Waals surface area contributed by atoms with Gasteiger partial charge in [-0.1, -0.05) is 0 Å². The first-order valence-electron chi connectivity index (χ1n) is 6.87. The third-order valence-corrected chi connectivity index (χ3v) is 3.78. The third-order valence-electron chi connectivity index (χ3n) is 3.78. The van der Waals surface area contributed by atoms with Crippen LogP contribution in [-0.4, -0.2) is 30.2 Å². The van der Waals surface area contributed by atoms with Crippen molar-refractivity contribution in [2.45, 2.75) is 18.8 Å². The maximum Gasteiger partial charge on any atom is 0.165 e. The number of hydrogen-bond acceptors (Lipinski definition) is 3. The molecule has 0 unspecified atom stereocenters. The molecule has 4 nitrogen and oxygen atoms in total. The molecule has 1 aliphatic heterocycles. The lowest BCUT2D eigenvalue weighted by Crippen LogP contribution is -2.27. The average Bonchev–Trinajstić information content (AvgIpc) is 2.98. The van der Waals surface area contributed by atoms with Crippen molar-refractivity contribution in [2.75, 3.05) is 20.2 Å². The highest BCUT2D eigenvalue weighted by atomic mass is 19.1. The van der Waals surface area contributed by atoms with Crippen molar-refractivity contribution in [2.24, 2.45) is 0 Å². The van der Waals surface area contributed by atoms with Gasteiger partial charge >= 0.3 is 0 Å². The van der Waals surface area contributed by atoms with Gasteiger partial charge in [-0.3, -0.25) is 0 Å². The van der Waals surface area contributed by atoms with Gasteiger partial charge in [0.15, 0.2) is 11.6 Å². The molecule has 2 aromatic rings. The fourth-order valence-corrected chi connectivity index (χ4v) is 2.62. The molecule has 1 aliphatic rings. The molecular formula is C15H18FN3O. The van der Waals surface area contributed by atoms with Gasteiger partial charge in [0.05, 0.1) is 19.0 Å². The summed E-state index contributed by atoms with van der Waals surface area (Å²) in [5, 5.41) is 3.34. The number of aromatic nitrogens is 2. The monoisotopic (exact) mass is 275 g/mol. The van der Waals surface area contributed by atoms with Crippen molar-refractivity contribution in [3.8, 4) is 17.0 Å². The highest BCUT2D eigenvalue weighted by Gasteiger charge is 2.18. The molecule has 0 spiro atoms. The van der Waals surface area contributed by atoms with Crippen LogP contribution in [0.4, 0.5) is 4.39 Å². The van der Waals surface area contributed by atoms with Crippen molar-refractivity contribution in [3.63, 3.8) is 0 Å². The SMILES string of the molecule is COc1ccc(-c2cnc(C3CCNCC3)[nH]2)cc1F. The summed E-state index contributed by atoms with van der Waals surface area (Å²) in [6.45, 7) is 2.05. The lowest BCUT2D eigenvalue weighted by atomic mass is 9.98. The lowest BCUT2D eigenvalue weighted by Gasteiger charge is -2.20. The summed E-state index contributed by atoms with van der Waals surface area (Å²) in [4.78, 5) is 7.77. The van der Waals surface area contributed by atoms with Crippen LogP contribution in [0, 0.1) is 5.82 Å². The van der Waals surface area contributed by atoms with Gasteiger partial charge in [-0.2, -0.15) is 0 Å². The van der Waals surface area contributed by atoms with Gasteiger partial charge in [0, 0.05) is 11.5 Å². The van der Waals surface area contributed by atoms with Gasteiger partial charge in [0.1, 0.15) is 5.82 Å². The van der Waals surface area contributed by atoms with Crippen molar-refractivity contribution in [1.82, 2.24) is 15.3 Å². The molecule has 20 heavy (non-hydrogen) atoms. The quantitative estimate of drug-likeness (QED) is 0.905. The minimum atomic E-state index is -0.358. The summed E-state index contributed by atoms with van der Waals surface area (Å²) >= 11 is 0. The fraction of sp³-hybridized carbons (Fsp3) is 0.400. The molecule has 1 aromatic heterocycles. The first kappa shape index (κ1) is 13.1. The second kappa shape index (κ2) is 5.63. The Bertz CT molecular complexity index is 591. The molecular weight excluding hydrogens is 257 g/mol. The van der Waals surface area contributed by atoms with E-state index >= 15 is 0 Å². The Balaban J connectivity index is 1.84. The van der Waals surface area contributed by atoms with Crippen molar-refractivity contribution in [3.05, 3.63) is 36.0 Å². The Morgan fingerprint density at radius 1 is 1.30 bits per heavy atom. The van der Waals surface area contributed by atoms with Crippen molar-refractivity contribution in [1.29, 1.82) is 0 Å². The first-order chi connectivity index (χ1) is 9.78. The Morgan fingerprint density at radius 3 is 2.80 bits per heavy atom. The normalized spacial score (nSPS) is 16.3. The first-order valence-corrected chi connectivity index (χ1v) is 6.87. The molecule has 5 heteroatoms. The summed E-state index contributed by atoms with van der Waals surface area (Å²) in [6.07, 6.45) is 3.95. The molecule has 1 saturated heterocycles. The molecule has 0 aliphatic carbocycles. The van der Waals surface area contributed by atoms with E-state index in [1.165, 1.54) is 13.2 Å². The van der Waals surface area contributed by atoms with E-state index in [-0.39, 0.29) is 11.6 Å². The molecule has 1 fully saturated rings. The number of nitrogens with one attached hydrogen (secondary N) is 2. The van der Waals surface area contributed by atoms with E-state index in [9.17, 15) is 4.39 Å². The number of rotatable bonds is 3. The van der Waals surface area contributed by atoms with Crippen LogP contribution < -0.4 is 10.1 Å². The van der Waals surface area contributed by atoms with Gasteiger partial charge in [-0.25, -0.2) is 9.37 Å². The second-order valence-electron chi connectivity index (χ2n) is 5.06. The van der Waals surface area contributed by atoms with E-state index in [1.807, 2.05) is 6.07 Å². The Kier molecular flexibility index (Phi) is 3.69. The topological polar surface area (TPSA) is 49.9 Å². The standard InChI is InChI=1S/C15H18FN3O/c1-20-14-3-2-11(8-12(14)16)13-9-18-15(19-13)10-4-6-17-7-5-10/h2-3,8-10,17H,4-7H2,1H3,(H,18,19). The number of aromatic amines is 1. The minimum Gasteiger partial charge on any atom is -0.494 e. The number of hydrogen-bond donors (Lipinski definition) is 2. The van der Waals surface area contributed by atoms with Crippen molar-refractivity contribution < 1.29 is 9.13 Å². The van der Waals surface area contributed by atoms with Gasteiger partial charge in [-0.15, -0.1) is 0 Å². The smallest absolute Gasteiger partial charge is 0.165 e. The van der Waals surface area contributed by atoms with Crippen LogP contribution in [0.15, 0.2) is 24.4 Å². The van der Waals surface area contributed by atoms with E-state index in [2.05, 4.69) is 15.3 Å². The van der Waals surface area contributed by atoms with Crippen LogP contribution in [0.2, 0.25) is 0 Å². The number of H-pyrrole nitrogens is 1. The van der Waals surface area contributed by atoms with Gasteiger partial charge in [0.2, 0.25) is 0 Å². The fourth-order valence-electron chi connectivity index (χ4n) is 2.62. The minimum absolute atomic E-state index is 0.256. The zero-order valence-corrected chi connectivity index (χ0v) is 11.4. The van der Waals surface area contributed by atoms with E-state index in [4.69, 9.17) is 4.74 Å². The number of imidazole rings is 1. The Hall–Kier alpha value is -1.88. The summed E-state index contributed by atoms with van der Waals surface area (Å²) in [5.41, 5.74) is 1.64. The van der Waals surface area contributed by atoms with Crippen LogP contribution in [0.5, 0.6) is 5.75 Å². The Morgan fingerprint density at radius 2 is 2.10 bits per heavy atom. The predicted octanol–water partition coefficient (Wildman–Crippen LogP) is 2.69. The van der Waals surface area contributed by atoms with Crippen LogP contribution >= 0.6 is 0 Å². The number of piperidine rings is 1. The number of benzene rings is 1. The second-order valence-corrected chi connectivity index (χ2v) is 5.06. The molecule has 0 saturated carbocycles. The lowest BCUT2D eigenvalue weighted by molar-refractivity contribution is 0.386. The maximum absolute atomic E-state index is 13.7. The van der Waals surface area contributed by atoms with E-state index in [0.717, 1.165) is 43.0 Å². The van der Waals surface area contributed by atoms with Gasteiger partial charge < -0.3 is 15.0 Å². The maximum atomic E-state index is 13.7. The molecule has 1 aromatic carbocycles.